The molecule has 1 aromatic carbocycles. The maximum absolute atomic E-state index is 13.0. The van der Waals surface area contributed by atoms with E-state index >= 15 is 0 Å². The third-order valence-corrected chi connectivity index (χ3v) is 4.03. The number of benzene rings is 1. The summed E-state index contributed by atoms with van der Waals surface area (Å²) in [5.74, 6) is 1.05. The first kappa shape index (κ1) is 19.4. The van der Waals surface area contributed by atoms with Crippen molar-refractivity contribution < 1.29 is 4.39 Å². The van der Waals surface area contributed by atoms with Crippen LogP contribution in [0.2, 0.25) is 0 Å². The summed E-state index contributed by atoms with van der Waals surface area (Å²) in [7, 11) is 0. The molecular weight excluding hydrogens is 434 g/mol. The van der Waals surface area contributed by atoms with Crippen LogP contribution in [-0.4, -0.2) is 47.0 Å². The lowest BCUT2D eigenvalue weighted by Crippen LogP contribution is -2.51. The second-order valence-corrected chi connectivity index (χ2v) is 5.72. The van der Waals surface area contributed by atoms with Crippen LogP contribution < -0.4 is 10.6 Å². The molecule has 1 aliphatic heterocycles. The predicted octanol–water partition coefficient (Wildman–Crippen LogP) is 2.18. The molecule has 2 N–H and O–H groups in total. The van der Waals surface area contributed by atoms with E-state index in [1.807, 2.05) is 13.0 Å². The number of nitrogens with zero attached hydrogens (tertiary/aromatic N) is 5. The van der Waals surface area contributed by atoms with Gasteiger partial charge >= 0.3 is 0 Å². The number of hydrogen-bond donors (Lipinski definition) is 1. The molecule has 0 saturated carbocycles. The van der Waals surface area contributed by atoms with Crippen LogP contribution in [0.25, 0.3) is 0 Å². The van der Waals surface area contributed by atoms with E-state index in [-0.39, 0.29) is 29.8 Å². The third kappa shape index (κ3) is 5.25. The summed E-state index contributed by atoms with van der Waals surface area (Å²) < 4.78 is 13.0. The van der Waals surface area contributed by atoms with Crippen molar-refractivity contribution in [3.05, 3.63) is 53.9 Å². The van der Waals surface area contributed by atoms with Crippen molar-refractivity contribution in [2.75, 3.05) is 31.1 Å². The van der Waals surface area contributed by atoms with Crippen LogP contribution in [0.3, 0.4) is 0 Å². The predicted molar refractivity (Wildman–Crippen MR) is 108 cm³/mol. The highest BCUT2D eigenvalue weighted by Gasteiger charge is 2.18. The fourth-order valence-electron chi connectivity index (χ4n) is 2.70. The lowest BCUT2D eigenvalue weighted by molar-refractivity contribution is 0.380. The van der Waals surface area contributed by atoms with Gasteiger partial charge in [-0.2, -0.15) is 0 Å². The minimum Gasteiger partial charge on any atom is -0.370 e. The summed E-state index contributed by atoms with van der Waals surface area (Å²) >= 11 is 0. The van der Waals surface area contributed by atoms with E-state index < -0.39 is 0 Å². The Balaban J connectivity index is 0.00000225. The number of hydrogen-bond acceptors (Lipinski definition) is 4. The average molecular weight is 456 g/mol. The van der Waals surface area contributed by atoms with Gasteiger partial charge in [0.1, 0.15) is 11.6 Å². The topological polar surface area (TPSA) is 70.6 Å². The normalized spacial score (nSPS) is 15.0. The Morgan fingerprint density at radius 1 is 1.16 bits per heavy atom. The molecule has 25 heavy (non-hydrogen) atoms. The maximum Gasteiger partial charge on any atom is 0.191 e. The van der Waals surface area contributed by atoms with Gasteiger partial charge in [0, 0.05) is 38.1 Å². The van der Waals surface area contributed by atoms with Gasteiger partial charge in [0.15, 0.2) is 5.96 Å². The zero-order valence-electron chi connectivity index (χ0n) is 14.1. The van der Waals surface area contributed by atoms with Crippen molar-refractivity contribution in [2.45, 2.75) is 13.5 Å². The first-order valence-electron chi connectivity index (χ1n) is 7.96. The molecule has 0 aliphatic carbocycles. The summed E-state index contributed by atoms with van der Waals surface area (Å²) in [6.07, 6.45) is 1.73. The van der Waals surface area contributed by atoms with E-state index in [9.17, 15) is 4.39 Å². The number of rotatable bonds is 3. The van der Waals surface area contributed by atoms with Crippen LogP contribution in [0.4, 0.5) is 10.1 Å². The molecule has 6 nitrogen and oxygen atoms in total. The maximum atomic E-state index is 13.0. The molecule has 134 valence electrons. The van der Waals surface area contributed by atoms with Crippen molar-refractivity contribution in [3.8, 4) is 0 Å². The van der Waals surface area contributed by atoms with Crippen molar-refractivity contribution in [3.63, 3.8) is 0 Å². The monoisotopic (exact) mass is 456 g/mol. The van der Waals surface area contributed by atoms with Gasteiger partial charge in [-0.1, -0.05) is 0 Å². The van der Waals surface area contributed by atoms with Gasteiger partial charge in [-0.05, 0) is 37.3 Å². The Labute approximate surface area is 164 Å². The van der Waals surface area contributed by atoms with Gasteiger partial charge in [-0.15, -0.1) is 24.0 Å². The molecule has 3 rings (SSSR count). The van der Waals surface area contributed by atoms with Gasteiger partial charge < -0.3 is 15.5 Å². The molecule has 1 saturated heterocycles. The van der Waals surface area contributed by atoms with E-state index in [1.54, 1.807) is 18.3 Å². The molecular formula is C17H22FIN6. The average Bonchev–Trinajstić information content (AvgIpc) is 2.61. The summed E-state index contributed by atoms with van der Waals surface area (Å²) in [6.45, 7) is 5.53. The molecule has 0 radical (unpaired) electrons. The number of nitrogens with two attached hydrogens (primary N) is 1. The largest absolute Gasteiger partial charge is 0.370 e. The van der Waals surface area contributed by atoms with Gasteiger partial charge in [0.2, 0.25) is 0 Å². The lowest BCUT2D eigenvalue weighted by Gasteiger charge is -2.36. The summed E-state index contributed by atoms with van der Waals surface area (Å²) in [4.78, 5) is 17.1. The van der Waals surface area contributed by atoms with Gasteiger partial charge in [0.25, 0.3) is 0 Å². The molecule has 0 atom stereocenters. The number of aliphatic imine (C=N–C) groups is 1. The highest BCUT2D eigenvalue weighted by molar-refractivity contribution is 14.0. The van der Waals surface area contributed by atoms with E-state index in [0.29, 0.717) is 12.5 Å². The fraction of sp³-hybridized carbons (Fsp3) is 0.353. The Morgan fingerprint density at radius 3 is 2.48 bits per heavy atom. The first-order valence-corrected chi connectivity index (χ1v) is 7.96. The van der Waals surface area contributed by atoms with Crippen LogP contribution in [0, 0.1) is 12.7 Å². The van der Waals surface area contributed by atoms with Crippen LogP contribution in [0.1, 0.15) is 11.5 Å². The Bertz CT molecular complexity index is 713. The fourth-order valence-corrected chi connectivity index (χ4v) is 2.70. The van der Waals surface area contributed by atoms with E-state index in [0.717, 1.165) is 43.4 Å². The molecule has 2 aromatic rings. The second-order valence-electron chi connectivity index (χ2n) is 5.72. The molecule has 8 heteroatoms. The summed E-state index contributed by atoms with van der Waals surface area (Å²) in [6, 6.07) is 8.43. The van der Waals surface area contributed by atoms with Crippen molar-refractivity contribution in [1.29, 1.82) is 0 Å². The molecule has 1 aliphatic rings. The molecule has 1 aromatic heterocycles. The summed E-state index contributed by atoms with van der Waals surface area (Å²) in [5.41, 5.74) is 7.99. The zero-order chi connectivity index (χ0) is 16.9. The summed E-state index contributed by atoms with van der Waals surface area (Å²) in [5, 5.41) is 0. The highest BCUT2D eigenvalue weighted by Crippen LogP contribution is 2.16. The number of guanidine groups is 1. The number of halogens is 2. The minimum atomic E-state index is -0.214. The molecule has 0 unspecified atom stereocenters. The van der Waals surface area contributed by atoms with Gasteiger partial charge in [0.05, 0.1) is 12.2 Å². The van der Waals surface area contributed by atoms with Crippen molar-refractivity contribution in [1.82, 2.24) is 14.9 Å². The molecule has 0 bridgehead atoms. The number of anilines is 1. The van der Waals surface area contributed by atoms with Crippen molar-refractivity contribution >= 4 is 35.6 Å². The van der Waals surface area contributed by atoms with E-state index in [1.165, 1.54) is 12.1 Å². The van der Waals surface area contributed by atoms with Crippen molar-refractivity contribution in [2.24, 2.45) is 10.7 Å². The molecule has 1 fully saturated rings. The first-order chi connectivity index (χ1) is 11.6. The van der Waals surface area contributed by atoms with E-state index in [2.05, 4.69) is 24.8 Å². The molecule has 0 spiro atoms. The highest BCUT2D eigenvalue weighted by atomic mass is 127. The Kier molecular flexibility index (Phi) is 6.91. The number of piperazine rings is 1. The van der Waals surface area contributed by atoms with Gasteiger partial charge in [-0.25, -0.2) is 19.4 Å². The second kappa shape index (κ2) is 8.93. The van der Waals surface area contributed by atoms with Gasteiger partial charge in [-0.3, -0.25) is 0 Å². The van der Waals surface area contributed by atoms with Crippen LogP contribution in [0.5, 0.6) is 0 Å². The van der Waals surface area contributed by atoms with Crippen LogP contribution in [-0.2, 0) is 6.54 Å². The lowest BCUT2D eigenvalue weighted by atomic mass is 10.2. The standard InChI is InChI=1S/C17H21FN6.HI/c1-13-20-7-6-15(22-13)12-21-17(19)24-10-8-23(9-11-24)16-4-2-14(18)3-5-16;/h2-7H,8-12H2,1H3,(H2,19,21);1H. The Hall–Kier alpha value is -1.97. The molecule has 2 heterocycles. The molecule has 0 amide bonds. The Morgan fingerprint density at radius 2 is 1.84 bits per heavy atom. The van der Waals surface area contributed by atoms with Crippen LogP contribution >= 0.6 is 24.0 Å². The minimum absolute atomic E-state index is 0. The van der Waals surface area contributed by atoms with Crippen LogP contribution in [0.15, 0.2) is 41.5 Å². The quantitative estimate of drug-likeness (QED) is 0.436. The zero-order valence-corrected chi connectivity index (χ0v) is 16.4. The smallest absolute Gasteiger partial charge is 0.191 e. The SMILES string of the molecule is Cc1nccc(CN=C(N)N2CCN(c3ccc(F)cc3)CC2)n1.I. The third-order valence-electron chi connectivity index (χ3n) is 4.03. The number of aryl methyl sites for hydroxylation is 1. The number of aromatic nitrogens is 2. The van der Waals surface area contributed by atoms with E-state index in [4.69, 9.17) is 5.73 Å².